The summed E-state index contributed by atoms with van der Waals surface area (Å²) in [5, 5.41) is 8.58. The third-order valence-electron chi connectivity index (χ3n) is 8.90. The van der Waals surface area contributed by atoms with Crippen LogP contribution in [-0.4, -0.2) is 36.4 Å². The molecule has 2 aromatic carbocycles. The summed E-state index contributed by atoms with van der Waals surface area (Å²) in [4.78, 5) is 11.7. The van der Waals surface area contributed by atoms with Gasteiger partial charge in [0.2, 0.25) is 5.95 Å². The molecular weight excluding hydrogens is 509 g/mol. The standard InChI is InChI=1S/C31H41ClN5P/c1-20-14-23(12-13-26(20)37-18-31(19-37)15-21(2)22(3)30(4,5)17-31)34-29-33-16-24(32)28(36-29)35-25-10-8-9-11-27(25)38(6)7/h8-14,16,21-22H,15,17-19H2,1-7H3,(H2,33,34,35,36). The fourth-order valence-electron chi connectivity index (χ4n) is 6.83. The molecule has 1 saturated heterocycles. The number of nitrogens with zero attached hydrogens (tertiary/aromatic N) is 3. The van der Waals surface area contributed by atoms with Gasteiger partial charge in [0, 0.05) is 35.6 Å². The normalized spacial score (nSPS) is 21.9. The van der Waals surface area contributed by atoms with E-state index in [4.69, 9.17) is 16.6 Å². The number of hydrogen-bond acceptors (Lipinski definition) is 5. The molecule has 3 aromatic rings. The quantitative estimate of drug-likeness (QED) is 0.303. The Bertz CT molecular complexity index is 1320. The average molecular weight is 550 g/mol. The molecule has 2 fully saturated rings. The lowest BCUT2D eigenvalue weighted by Crippen LogP contribution is -2.61. The summed E-state index contributed by atoms with van der Waals surface area (Å²) in [6.07, 6.45) is 4.32. The largest absolute Gasteiger partial charge is 0.370 e. The number of hydrogen-bond donors (Lipinski definition) is 2. The van der Waals surface area contributed by atoms with Gasteiger partial charge in [-0.2, -0.15) is 4.98 Å². The minimum absolute atomic E-state index is 0.263. The molecule has 0 amide bonds. The van der Waals surface area contributed by atoms with E-state index in [-0.39, 0.29) is 7.92 Å². The van der Waals surface area contributed by atoms with E-state index in [0.29, 0.717) is 27.6 Å². The summed E-state index contributed by atoms with van der Waals surface area (Å²) < 4.78 is 0. The molecule has 5 nitrogen and oxygen atoms in total. The summed E-state index contributed by atoms with van der Waals surface area (Å²) in [5.74, 6) is 2.69. The Morgan fingerprint density at radius 1 is 1.05 bits per heavy atom. The molecule has 5 rings (SSSR count). The van der Waals surface area contributed by atoms with E-state index < -0.39 is 0 Å². The van der Waals surface area contributed by atoms with E-state index in [1.807, 2.05) is 6.07 Å². The topological polar surface area (TPSA) is 53.1 Å². The van der Waals surface area contributed by atoms with Crippen molar-refractivity contribution in [2.24, 2.45) is 22.7 Å². The zero-order chi connectivity index (χ0) is 27.2. The van der Waals surface area contributed by atoms with Gasteiger partial charge in [0.15, 0.2) is 5.82 Å². The highest BCUT2D eigenvalue weighted by Crippen LogP contribution is 2.56. The van der Waals surface area contributed by atoms with Crippen molar-refractivity contribution in [1.29, 1.82) is 0 Å². The van der Waals surface area contributed by atoms with Crippen LogP contribution in [-0.2, 0) is 0 Å². The maximum atomic E-state index is 6.46. The molecule has 2 atom stereocenters. The summed E-state index contributed by atoms with van der Waals surface area (Å²) in [6.45, 7) is 18.8. The second-order valence-corrected chi connectivity index (χ2v) is 15.2. The molecule has 202 valence electrons. The van der Waals surface area contributed by atoms with Gasteiger partial charge in [-0.1, -0.05) is 65.4 Å². The van der Waals surface area contributed by atoms with Crippen molar-refractivity contribution in [3.63, 3.8) is 0 Å². The molecule has 7 heteroatoms. The van der Waals surface area contributed by atoms with Crippen LogP contribution in [0.15, 0.2) is 48.7 Å². The Kier molecular flexibility index (Phi) is 7.39. The van der Waals surface area contributed by atoms with Gasteiger partial charge in [-0.05, 0) is 85.5 Å². The van der Waals surface area contributed by atoms with Crippen molar-refractivity contribution in [2.45, 2.75) is 47.5 Å². The lowest BCUT2D eigenvalue weighted by atomic mass is 9.53. The monoisotopic (exact) mass is 549 g/mol. The molecule has 0 bridgehead atoms. The van der Waals surface area contributed by atoms with Gasteiger partial charge in [-0.3, -0.25) is 0 Å². The van der Waals surface area contributed by atoms with Crippen LogP contribution in [0.2, 0.25) is 5.02 Å². The first-order valence-electron chi connectivity index (χ1n) is 13.6. The predicted molar refractivity (Wildman–Crippen MR) is 166 cm³/mol. The van der Waals surface area contributed by atoms with Crippen LogP contribution in [0, 0.1) is 29.6 Å². The summed E-state index contributed by atoms with van der Waals surface area (Å²) in [5.41, 5.74) is 5.49. The lowest BCUT2D eigenvalue weighted by molar-refractivity contribution is -0.0224. The summed E-state index contributed by atoms with van der Waals surface area (Å²) in [6, 6.07) is 14.9. The summed E-state index contributed by atoms with van der Waals surface area (Å²) >= 11 is 6.46. The number of benzene rings is 2. The highest BCUT2D eigenvalue weighted by molar-refractivity contribution is 7.64. The number of rotatable bonds is 6. The maximum Gasteiger partial charge on any atom is 0.229 e. The van der Waals surface area contributed by atoms with E-state index in [2.05, 4.69) is 105 Å². The second kappa shape index (κ2) is 10.3. The van der Waals surface area contributed by atoms with Crippen LogP contribution in [0.1, 0.15) is 46.1 Å². The maximum absolute atomic E-state index is 6.46. The number of anilines is 5. The first-order chi connectivity index (χ1) is 18.0. The van der Waals surface area contributed by atoms with Crippen molar-refractivity contribution in [2.75, 3.05) is 42.0 Å². The van der Waals surface area contributed by atoms with Gasteiger partial charge in [-0.25, -0.2) is 4.98 Å². The molecule has 2 heterocycles. The molecule has 1 aliphatic heterocycles. The third kappa shape index (κ3) is 5.38. The molecule has 2 aliphatic rings. The Morgan fingerprint density at radius 2 is 1.79 bits per heavy atom. The highest BCUT2D eigenvalue weighted by atomic mass is 35.5. The first kappa shape index (κ1) is 27.2. The number of aryl methyl sites for hydroxylation is 1. The van der Waals surface area contributed by atoms with Gasteiger partial charge in [-0.15, -0.1) is 0 Å². The van der Waals surface area contributed by atoms with E-state index in [0.717, 1.165) is 36.3 Å². The molecule has 38 heavy (non-hydrogen) atoms. The molecular formula is C31H41ClN5P. The minimum Gasteiger partial charge on any atom is -0.370 e. The van der Waals surface area contributed by atoms with Crippen LogP contribution in [0.4, 0.5) is 28.8 Å². The fraction of sp³-hybridized carbons (Fsp3) is 0.484. The Morgan fingerprint density at radius 3 is 2.47 bits per heavy atom. The number of aromatic nitrogens is 2. The average Bonchev–Trinajstić information content (AvgIpc) is 2.83. The lowest BCUT2D eigenvalue weighted by Gasteiger charge is -2.60. The van der Waals surface area contributed by atoms with Crippen LogP contribution in [0.5, 0.6) is 0 Å². The Balaban J connectivity index is 1.28. The SMILES string of the molecule is Cc1cc(Nc2ncc(Cl)c(Nc3ccccc3P(C)C)n2)ccc1N1CC2(CC(C)C(C)C(C)(C)C2)C1. The number of halogens is 1. The van der Waals surface area contributed by atoms with Crippen molar-refractivity contribution < 1.29 is 0 Å². The Hall–Kier alpha value is -2.36. The third-order valence-corrected chi connectivity index (χ3v) is 10.5. The number of para-hydroxylation sites is 1. The molecule has 2 unspecified atom stereocenters. The second-order valence-electron chi connectivity index (χ2n) is 12.5. The van der Waals surface area contributed by atoms with Crippen molar-refractivity contribution in [3.05, 3.63) is 59.2 Å². The molecule has 0 radical (unpaired) electrons. The van der Waals surface area contributed by atoms with Gasteiger partial charge in [0.25, 0.3) is 0 Å². The minimum atomic E-state index is -0.263. The molecule has 1 saturated carbocycles. The van der Waals surface area contributed by atoms with Crippen LogP contribution in [0.3, 0.4) is 0 Å². The van der Waals surface area contributed by atoms with Crippen LogP contribution < -0.4 is 20.8 Å². The fourth-order valence-corrected chi connectivity index (χ4v) is 7.97. The Labute approximate surface area is 234 Å². The van der Waals surface area contributed by atoms with Crippen molar-refractivity contribution in [1.82, 2.24) is 9.97 Å². The predicted octanol–water partition coefficient (Wildman–Crippen LogP) is 8.19. The van der Waals surface area contributed by atoms with Gasteiger partial charge in [0.1, 0.15) is 5.02 Å². The van der Waals surface area contributed by atoms with E-state index in [1.54, 1.807) is 6.20 Å². The van der Waals surface area contributed by atoms with E-state index >= 15 is 0 Å². The highest BCUT2D eigenvalue weighted by Gasteiger charge is 2.52. The van der Waals surface area contributed by atoms with Crippen molar-refractivity contribution in [3.8, 4) is 0 Å². The van der Waals surface area contributed by atoms with Crippen molar-refractivity contribution >= 4 is 53.7 Å². The van der Waals surface area contributed by atoms with E-state index in [9.17, 15) is 0 Å². The molecule has 1 aliphatic carbocycles. The summed E-state index contributed by atoms with van der Waals surface area (Å²) in [7, 11) is -0.263. The van der Waals surface area contributed by atoms with Gasteiger partial charge >= 0.3 is 0 Å². The van der Waals surface area contributed by atoms with Crippen LogP contribution in [0.25, 0.3) is 0 Å². The van der Waals surface area contributed by atoms with E-state index in [1.165, 1.54) is 29.4 Å². The van der Waals surface area contributed by atoms with Gasteiger partial charge < -0.3 is 15.5 Å². The smallest absolute Gasteiger partial charge is 0.229 e. The van der Waals surface area contributed by atoms with Gasteiger partial charge in [0.05, 0.1) is 6.20 Å². The first-order valence-corrected chi connectivity index (χ1v) is 16.3. The molecule has 2 N–H and O–H groups in total. The zero-order valence-corrected chi connectivity index (χ0v) is 25.4. The van der Waals surface area contributed by atoms with Crippen LogP contribution >= 0.6 is 19.5 Å². The molecule has 1 spiro atoms. The zero-order valence-electron chi connectivity index (χ0n) is 23.8. The number of nitrogens with one attached hydrogen (secondary N) is 2. The molecule has 1 aromatic heterocycles.